The number of pyridine rings is 1. The lowest BCUT2D eigenvalue weighted by molar-refractivity contribution is -0.141. The molecule has 1 atom stereocenters. The van der Waals surface area contributed by atoms with Crippen LogP contribution in [0, 0.1) is 5.92 Å². The maximum absolute atomic E-state index is 11.4. The number of aromatic nitrogens is 1. The number of hydrogen-bond donors (Lipinski definition) is 1. The molecule has 1 unspecified atom stereocenters. The van der Waals surface area contributed by atoms with Crippen molar-refractivity contribution in [2.75, 3.05) is 18.6 Å². The van der Waals surface area contributed by atoms with Gasteiger partial charge < -0.3 is 14.7 Å². The van der Waals surface area contributed by atoms with E-state index < -0.39 is 5.97 Å². The molecule has 0 fully saturated rings. The Balaban J connectivity index is 1.89. The minimum Gasteiger partial charge on any atom is -0.481 e. The third-order valence-electron chi connectivity index (χ3n) is 3.93. The number of hydrogen-bond acceptors (Lipinski definition) is 4. The van der Waals surface area contributed by atoms with Gasteiger partial charge in [0, 0.05) is 18.3 Å². The van der Waals surface area contributed by atoms with Crippen LogP contribution >= 0.6 is 0 Å². The summed E-state index contributed by atoms with van der Waals surface area (Å²) in [6.45, 7) is 1.06. The van der Waals surface area contributed by atoms with Crippen molar-refractivity contribution in [2.24, 2.45) is 5.92 Å². The zero-order valence-corrected chi connectivity index (χ0v) is 12.4. The largest absolute Gasteiger partial charge is 0.481 e. The molecule has 3 rings (SSSR count). The molecule has 1 aromatic heterocycles. The van der Waals surface area contributed by atoms with Crippen LogP contribution < -0.4 is 9.64 Å². The Morgan fingerprint density at radius 2 is 2.14 bits per heavy atom. The Morgan fingerprint density at radius 1 is 1.32 bits per heavy atom. The lowest BCUT2D eigenvalue weighted by Gasteiger charge is -2.34. The van der Waals surface area contributed by atoms with Crippen LogP contribution in [0.3, 0.4) is 0 Å². The molecule has 0 saturated heterocycles. The number of carboxylic acid groups (broad SMARTS) is 1. The normalized spacial score (nSPS) is 17.0. The summed E-state index contributed by atoms with van der Waals surface area (Å²) in [6, 6.07) is 13.6. The Bertz CT molecular complexity index is 687. The van der Waals surface area contributed by atoms with Crippen molar-refractivity contribution in [1.82, 2.24) is 4.98 Å². The van der Waals surface area contributed by atoms with Crippen molar-refractivity contribution in [1.29, 1.82) is 0 Å². The third-order valence-corrected chi connectivity index (χ3v) is 3.93. The Morgan fingerprint density at radius 3 is 2.91 bits per heavy atom. The molecular formula is C17H18N2O3. The monoisotopic (exact) mass is 298 g/mol. The van der Waals surface area contributed by atoms with Gasteiger partial charge in [-0.3, -0.25) is 4.79 Å². The lowest BCUT2D eigenvalue weighted by atomic mass is 9.92. The highest BCUT2D eigenvalue weighted by atomic mass is 16.5. The van der Waals surface area contributed by atoms with Gasteiger partial charge in [0.2, 0.25) is 5.88 Å². The van der Waals surface area contributed by atoms with E-state index in [4.69, 9.17) is 4.74 Å². The van der Waals surface area contributed by atoms with E-state index >= 15 is 0 Å². The van der Waals surface area contributed by atoms with Crippen molar-refractivity contribution in [2.45, 2.75) is 13.0 Å². The number of fused-ring (bicyclic) bond motifs is 1. The van der Waals surface area contributed by atoms with E-state index in [1.807, 2.05) is 36.4 Å². The molecule has 0 amide bonds. The van der Waals surface area contributed by atoms with Crippen LogP contribution in [-0.4, -0.2) is 29.7 Å². The molecule has 5 heteroatoms. The number of methoxy groups -OCH3 is 1. The van der Waals surface area contributed by atoms with Crippen LogP contribution in [0.2, 0.25) is 0 Å². The highest BCUT2D eigenvalue weighted by molar-refractivity contribution is 5.73. The number of benzene rings is 1. The number of ether oxygens (including phenoxy) is 1. The fourth-order valence-corrected chi connectivity index (χ4v) is 2.86. The second-order valence-electron chi connectivity index (χ2n) is 5.42. The Hall–Kier alpha value is -2.56. The molecule has 0 bridgehead atoms. The highest BCUT2D eigenvalue weighted by Crippen LogP contribution is 2.30. The first-order valence-corrected chi connectivity index (χ1v) is 7.23. The van der Waals surface area contributed by atoms with Crippen molar-refractivity contribution >= 4 is 11.7 Å². The number of aliphatic carboxylic acids is 1. The lowest BCUT2D eigenvalue weighted by Crippen LogP contribution is -2.38. The number of nitrogens with zero attached hydrogens (tertiary/aromatic N) is 2. The molecule has 0 radical (unpaired) electrons. The van der Waals surface area contributed by atoms with Gasteiger partial charge in [0.1, 0.15) is 0 Å². The molecule has 2 heterocycles. The minimum atomic E-state index is -0.752. The van der Waals surface area contributed by atoms with Crippen LogP contribution in [0.25, 0.3) is 0 Å². The molecule has 0 aliphatic carbocycles. The molecule has 1 aromatic carbocycles. The first-order chi connectivity index (χ1) is 10.7. The van der Waals surface area contributed by atoms with Crippen molar-refractivity contribution in [3.05, 3.63) is 53.7 Å². The van der Waals surface area contributed by atoms with Gasteiger partial charge in [0.25, 0.3) is 0 Å². The average molecular weight is 298 g/mol. The molecule has 22 heavy (non-hydrogen) atoms. The highest BCUT2D eigenvalue weighted by Gasteiger charge is 2.29. The van der Waals surface area contributed by atoms with Crippen LogP contribution in [0.5, 0.6) is 5.88 Å². The number of para-hydroxylation sites is 1. The first kappa shape index (κ1) is 14.4. The fraction of sp³-hybridized carbons (Fsp3) is 0.294. The summed E-state index contributed by atoms with van der Waals surface area (Å²) < 4.78 is 5.15. The first-order valence-electron chi connectivity index (χ1n) is 7.23. The molecular weight excluding hydrogens is 280 g/mol. The van der Waals surface area contributed by atoms with E-state index in [0.29, 0.717) is 25.4 Å². The van der Waals surface area contributed by atoms with Crippen molar-refractivity contribution in [3.8, 4) is 5.88 Å². The molecule has 1 N–H and O–H groups in total. The van der Waals surface area contributed by atoms with Crippen molar-refractivity contribution in [3.63, 3.8) is 0 Å². The molecule has 1 aliphatic heterocycles. The maximum atomic E-state index is 11.4. The predicted octanol–water partition coefficient (Wildman–Crippen LogP) is 2.35. The van der Waals surface area contributed by atoms with Crippen LogP contribution in [0.1, 0.15) is 11.3 Å². The number of carbonyl (C=O) groups is 1. The van der Waals surface area contributed by atoms with Gasteiger partial charge in [0.15, 0.2) is 0 Å². The SMILES string of the molecule is COc1cccc(CN2CC(C(=O)O)Cc3ccccc32)n1. The summed E-state index contributed by atoms with van der Waals surface area (Å²) in [4.78, 5) is 17.9. The Kier molecular flexibility index (Phi) is 3.96. The van der Waals surface area contributed by atoms with Crippen molar-refractivity contribution < 1.29 is 14.6 Å². The topological polar surface area (TPSA) is 62.7 Å². The zero-order chi connectivity index (χ0) is 15.5. The minimum absolute atomic E-state index is 0.388. The van der Waals surface area contributed by atoms with Gasteiger partial charge in [-0.1, -0.05) is 24.3 Å². The smallest absolute Gasteiger partial charge is 0.308 e. The van der Waals surface area contributed by atoms with E-state index in [0.717, 1.165) is 16.9 Å². The van der Waals surface area contributed by atoms with Gasteiger partial charge in [-0.05, 0) is 24.1 Å². The van der Waals surface area contributed by atoms with E-state index in [1.54, 1.807) is 13.2 Å². The van der Waals surface area contributed by atoms with Crippen LogP contribution in [0.15, 0.2) is 42.5 Å². The van der Waals surface area contributed by atoms with Crippen LogP contribution in [-0.2, 0) is 17.8 Å². The maximum Gasteiger partial charge on any atom is 0.308 e. The van der Waals surface area contributed by atoms with E-state index in [9.17, 15) is 9.90 Å². The second kappa shape index (κ2) is 6.05. The predicted molar refractivity (Wildman–Crippen MR) is 83.1 cm³/mol. The summed E-state index contributed by atoms with van der Waals surface area (Å²) in [5.41, 5.74) is 3.02. The molecule has 2 aromatic rings. The number of anilines is 1. The van der Waals surface area contributed by atoms with Gasteiger partial charge in [-0.15, -0.1) is 0 Å². The van der Waals surface area contributed by atoms with Gasteiger partial charge in [-0.2, -0.15) is 0 Å². The standard InChI is InChI=1S/C17H18N2O3/c1-22-16-8-4-6-14(18-16)11-19-10-13(17(20)21)9-12-5-2-3-7-15(12)19/h2-8,13H,9-11H2,1H3,(H,20,21). The number of rotatable bonds is 4. The number of carboxylic acids is 1. The summed E-state index contributed by atoms with van der Waals surface area (Å²) in [7, 11) is 1.59. The van der Waals surface area contributed by atoms with E-state index in [2.05, 4.69) is 9.88 Å². The van der Waals surface area contributed by atoms with E-state index in [-0.39, 0.29) is 5.92 Å². The molecule has 114 valence electrons. The second-order valence-corrected chi connectivity index (χ2v) is 5.42. The fourth-order valence-electron chi connectivity index (χ4n) is 2.86. The van der Waals surface area contributed by atoms with Gasteiger partial charge in [-0.25, -0.2) is 4.98 Å². The molecule has 5 nitrogen and oxygen atoms in total. The summed E-state index contributed by atoms with van der Waals surface area (Å²) >= 11 is 0. The van der Waals surface area contributed by atoms with E-state index in [1.165, 1.54) is 0 Å². The molecule has 0 saturated carbocycles. The van der Waals surface area contributed by atoms with Gasteiger partial charge >= 0.3 is 5.97 Å². The summed E-state index contributed by atoms with van der Waals surface area (Å²) in [5.74, 6) is -0.573. The summed E-state index contributed by atoms with van der Waals surface area (Å²) in [5, 5.41) is 9.37. The Labute approximate surface area is 129 Å². The third kappa shape index (κ3) is 2.88. The summed E-state index contributed by atoms with van der Waals surface area (Å²) in [6.07, 6.45) is 0.577. The van der Waals surface area contributed by atoms with Crippen LogP contribution in [0.4, 0.5) is 5.69 Å². The molecule has 1 aliphatic rings. The quantitative estimate of drug-likeness (QED) is 0.939. The zero-order valence-electron chi connectivity index (χ0n) is 12.4. The average Bonchev–Trinajstić information content (AvgIpc) is 2.55. The molecule has 0 spiro atoms. The van der Waals surface area contributed by atoms with Gasteiger partial charge in [0.05, 0.1) is 25.3 Å².